The predicted octanol–water partition coefficient (Wildman–Crippen LogP) is 3.47. The van der Waals surface area contributed by atoms with Crippen LogP contribution in [-0.4, -0.2) is 44.8 Å². The molecule has 6 heteroatoms. The standard InChI is InChI=1S/C21H27N3O3/c1-16-6-8-17(9-7-16)4-2-3-5-20(25)23-12-10-19(11-13-23)24-15-18(14-22-24)21(26)27/h6-9,14-15,19H,2-5,10-13H2,1H3,(H,26,27). The van der Waals surface area contributed by atoms with Crippen LogP contribution >= 0.6 is 0 Å². The number of unbranched alkanes of at least 4 members (excludes halogenated alkanes) is 1. The average molecular weight is 369 g/mol. The molecule has 27 heavy (non-hydrogen) atoms. The van der Waals surface area contributed by atoms with Gasteiger partial charge in [-0.3, -0.25) is 9.48 Å². The smallest absolute Gasteiger partial charge is 0.338 e. The number of hydrogen-bond donors (Lipinski definition) is 1. The summed E-state index contributed by atoms with van der Waals surface area (Å²) in [7, 11) is 0. The predicted molar refractivity (Wildman–Crippen MR) is 103 cm³/mol. The molecule has 0 saturated carbocycles. The van der Waals surface area contributed by atoms with Gasteiger partial charge in [0.1, 0.15) is 0 Å². The molecule has 0 bridgehead atoms. The highest BCUT2D eigenvalue weighted by Crippen LogP contribution is 2.23. The molecular weight excluding hydrogens is 342 g/mol. The van der Waals surface area contributed by atoms with Crippen molar-refractivity contribution in [3.8, 4) is 0 Å². The van der Waals surface area contributed by atoms with Crippen LogP contribution in [0.5, 0.6) is 0 Å². The van der Waals surface area contributed by atoms with Crippen molar-refractivity contribution in [1.82, 2.24) is 14.7 Å². The van der Waals surface area contributed by atoms with Gasteiger partial charge in [-0.05, 0) is 44.6 Å². The zero-order chi connectivity index (χ0) is 19.2. The van der Waals surface area contributed by atoms with Crippen molar-refractivity contribution >= 4 is 11.9 Å². The van der Waals surface area contributed by atoms with E-state index in [2.05, 4.69) is 36.3 Å². The number of nitrogens with zero attached hydrogens (tertiary/aromatic N) is 3. The van der Waals surface area contributed by atoms with Crippen LogP contribution in [0.25, 0.3) is 0 Å². The summed E-state index contributed by atoms with van der Waals surface area (Å²) in [5, 5.41) is 13.2. The molecule has 144 valence electrons. The highest BCUT2D eigenvalue weighted by molar-refractivity contribution is 5.86. The summed E-state index contributed by atoms with van der Waals surface area (Å²) in [5.41, 5.74) is 2.81. The summed E-state index contributed by atoms with van der Waals surface area (Å²) < 4.78 is 1.73. The Morgan fingerprint density at radius 2 is 1.85 bits per heavy atom. The van der Waals surface area contributed by atoms with Gasteiger partial charge in [-0.25, -0.2) is 4.79 Å². The van der Waals surface area contributed by atoms with Gasteiger partial charge < -0.3 is 10.0 Å². The number of hydrogen-bond acceptors (Lipinski definition) is 3. The molecule has 1 fully saturated rings. The minimum absolute atomic E-state index is 0.170. The Morgan fingerprint density at radius 1 is 1.15 bits per heavy atom. The number of piperidine rings is 1. The number of amides is 1. The molecule has 1 saturated heterocycles. The Kier molecular flexibility index (Phi) is 6.27. The number of aryl methyl sites for hydroxylation is 2. The molecular formula is C21H27N3O3. The Balaban J connectivity index is 1.37. The van der Waals surface area contributed by atoms with Crippen LogP contribution < -0.4 is 0 Å². The van der Waals surface area contributed by atoms with Crippen LogP contribution in [0.15, 0.2) is 36.7 Å². The van der Waals surface area contributed by atoms with E-state index >= 15 is 0 Å². The normalized spacial score (nSPS) is 15.1. The van der Waals surface area contributed by atoms with Gasteiger partial charge >= 0.3 is 5.97 Å². The van der Waals surface area contributed by atoms with Crippen molar-refractivity contribution in [2.45, 2.75) is 51.5 Å². The number of likely N-dealkylation sites (tertiary alicyclic amines) is 1. The largest absolute Gasteiger partial charge is 0.478 e. The molecule has 1 aromatic heterocycles. The first-order chi connectivity index (χ1) is 13.0. The van der Waals surface area contributed by atoms with Crippen molar-refractivity contribution in [2.24, 2.45) is 0 Å². The summed E-state index contributed by atoms with van der Waals surface area (Å²) in [5.74, 6) is -0.733. The van der Waals surface area contributed by atoms with Crippen LogP contribution in [0.2, 0.25) is 0 Å². The van der Waals surface area contributed by atoms with Gasteiger partial charge in [-0.15, -0.1) is 0 Å². The topological polar surface area (TPSA) is 75.4 Å². The Bertz CT molecular complexity index is 774. The van der Waals surface area contributed by atoms with E-state index in [1.807, 2.05) is 4.90 Å². The number of carboxylic acids is 1. The molecule has 0 spiro atoms. The third kappa shape index (κ3) is 5.18. The van der Waals surface area contributed by atoms with E-state index in [1.54, 1.807) is 10.9 Å². The second-order valence-corrected chi connectivity index (χ2v) is 7.32. The van der Waals surface area contributed by atoms with Gasteiger partial charge in [-0.2, -0.15) is 5.10 Å². The molecule has 0 radical (unpaired) electrons. The molecule has 0 unspecified atom stereocenters. The van der Waals surface area contributed by atoms with Crippen LogP contribution in [0.3, 0.4) is 0 Å². The minimum Gasteiger partial charge on any atom is -0.478 e. The lowest BCUT2D eigenvalue weighted by Gasteiger charge is -2.32. The van der Waals surface area contributed by atoms with Crippen LogP contribution in [0.1, 0.15) is 59.6 Å². The maximum atomic E-state index is 12.4. The molecule has 6 nitrogen and oxygen atoms in total. The van der Waals surface area contributed by atoms with Gasteiger partial charge in [0.2, 0.25) is 5.91 Å². The fraction of sp³-hybridized carbons (Fsp3) is 0.476. The molecule has 2 heterocycles. The molecule has 1 aromatic carbocycles. The summed E-state index contributed by atoms with van der Waals surface area (Å²) in [6.45, 7) is 3.51. The third-order valence-electron chi connectivity index (χ3n) is 5.27. The minimum atomic E-state index is -0.959. The Morgan fingerprint density at radius 3 is 2.48 bits per heavy atom. The highest BCUT2D eigenvalue weighted by Gasteiger charge is 2.24. The fourth-order valence-corrected chi connectivity index (χ4v) is 3.55. The summed E-state index contributed by atoms with van der Waals surface area (Å²) in [6, 6.07) is 8.75. The zero-order valence-corrected chi connectivity index (χ0v) is 15.8. The van der Waals surface area contributed by atoms with E-state index in [0.29, 0.717) is 19.5 Å². The SMILES string of the molecule is Cc1ccc(CCCCC(=O)N2CCC(n3cc(C(=O)O)cn3)CC2)cc1. The maximum absolute atomic E-state index is 12.4. The molecule has 3 rings (SSSR count). The number of carboxylic acid groups (broad SMARTS) is 1. The van der Waals surface area contributed by atoms with Gasteiger partial charge in [0.25, 0.3) is 0 Å². The number of benzene rings is 1. The van der Waals surface area contributed by atoms with Gasteiger partial charge in [0, 0.05) is 25.7 Å². The number of aromatic carboxylic acids is 1. The second-order valence-electron chi connectivity index (χ2n) is 7.32. The van der Waals surface area contributed by atoms with Crippen LogP contribution in [-0.2, 0) is 11.2 Å². The second kappa shape index (κ2) is 8.84. The number of carbonyl (C=O) groups is 2. The summed E-state index contributed by atoms with van der Waals surface area (Å²) in [6.07, 6.45) is 8.14. The Hall–Kier alpha value is -2.63. The van der Waals surface area contributed by atoms with Gasteiger partial charge in [0.15, 0.2) is 0 Å². The zero-order valence-electron chi connectivity index (χ0n) is 15.8. The average Bonchev–Trinajstić information content (AvgIpc) is 3.17. The van der Waals surface area contributed by atoms with E-state index < -0.39 is 5.97 Å². The number of carbonyl (C=O) groups excluding carboxylic acids is 1. The number of aromatic nitrogens is 2. The lowest BCUT2D eigenvalue weighted by molar-refractivity contribution is -0.132. The summed E-state index contributed by atoms with van der Waals surface area (Å²) in [4.78, 5) is 25.3. The third-order valence-corrected chi connectivity index (χ3v) is 5.27. The van der Waals surface area contributed by atoms with Crippen LogP contribution in [0, 0.1) is 6.92 Å². The van der Waals surface area contributed by atoms with Crippen molar-refractivity contribution < 1.29 is 14.7 Å². The Labute approximate surface area is 159 Å². The summed E-state index contributed by atoms with van der Waals surface area (Å²) >= 11 is 0. The number of rotatable bonds is 7. The molecule has 1 amide bonds. The monoisotopic (exact) mass is 369 g/mol. The van der Waals surface area contributed by atoms with Crippen molar-refractivity contribution in [3.63, 3.8) is 0 Å². The maximum Gasteiger partial charge on any atom is 0.338 e. The first-order valence-corrected chi connectivity index (χ1v) is 9.63. The lowest BCUT2D eigenvalue weighted by atomic mass is 10.0. The molecule has 1 aliphatic rings. The lowest BCUT2D eigenvalue weighted by Crippen LogP contribution is -2.39. The van der Waals surface area contributed by atoms with Gasteiger partial charge in [0.05, 0.1) is 17.8 Å². The highest BCUT2D eigenvalue weighted by atomic mass is 16.4. The van der Waals surface area contributed by atoms with Gasteiger partial charge in [-0.1, -0.05) is 29.8 Å². The van der Waals surface area contributed by atoms with E-state index in [-0.39, 0.29) is 17.5 Å². The molecule has 0 aliphatic carbocycles. The van der Waals surface area contributed by atoms with Crippen molar-refractivity contribution in [1.29, 1.82) is 0 Å². The quantitative estimate of drug-likeness (QED) is 0.758. The molecule has 1 N–H and O–H groups in total. The molecule has 1 aliphatic heterocycles. The van der Waals surface area contributed by atoms with E-state index in [9.17, 15) is 9.59 Å². The van der Waals surface area contributed by atoms with Crippen molar-refractivity contribution in [3.05, 3.63) is 53.3 Å². The van der Waals surface area contributed by atoms with E-state index in [1.165, 1.54) is 17.3 Å². The molecule has 2 aromatic rings. The first-order valence-electron chi connectivity index (χ1n) is 9.63. The van der Waals surface area contributed by atoms with E-state index in [0.717, 1.165) is 32.1 Å². The van der Waals surface area contributed by atoms with Crippen molar-refractivity contribution in [2.75, 3.05) is 13.1 Å². The van der Waals surface area contributed by atoms with Crippen LogP contribution in [0.4, 0.5) is 0 Å². The van der Waals surface area contributed by atoms with E-state index in [4.69, 9.17) is 5.11 Å². The fourth-order valence-electron chi connectivity index (χ4n) is 3.55. The molecule has 0 atom stereocenters. The first kappa shape index (κ1) is 19.1.